The van der Waals surface area contributed by atoms with Gasteiger partial charge in [-0.1, -0.05) is 26.0 Å². The van der Waals surface area contributed by atoms with Crippen molar-refractivity contribution in [1.29, 1.82) is 0 Å². The third-order valence-corrected chi connectivity index (χ3v) is 2.68. The number of carbonyl (C=O) groups is 1. The molecule has 0 saturated heterocycles. The van der Waals surface area contributed by atoms with Gasteiger partial charge in [0.15, 0.2) is 5.78 Å². The molecule has 0 bridgehead atoms. The Balaban J connectivity index is 2.52. The lowest BCUT2D eigenvalue weighted by Crippen LogP contribution is -2.28. The number of rotatable bonds is 6. The number of likely N-dealkylation sites (N-methyl/N-ethyl adjacent to an activating group) is 1. The monoisotopic (exact) mass is 237 g/mol. The zero-order valence-corrected chi connectivity index (χ0v) is 10.7. The number of Topliss-reactive ketones (excluding diaryl/α,β-unsaturated/α-hetero) is 1. The van der Waals surface area contributed by atoms with Gasteiger partial charge < -0.3 is 0 Å². The van der Waals surface area contributed by atoms with Crippen LogP contribution in [0.2, 0.25) is 0 Å². The van der Waals surface area contributed by atoms with Crippen LogP contribution in [0.5, 0.6) is 0 Å². The van der Waals surface area contributed by atoms with Crippen molar-refractivity contribution in [2.24, 2.45) is 5.92 Å². The van der Waals surface area contributed by atoms with Crippen LogP contribution in [-0.2, 0) is 0 Å². The van der Waals surface area contributed by atoms with Gasteiger partial charge in [0.05, 0.1) is 12.1 Å². The number of ketones is 1. The van der Waals surface area contributed by atoms with E-state index in [9.17, 15) is 9.18 Å². The Morgan fingerprint density at radius 3 is 2.59 bits per heavy atom. The topological polar surface area (TPSA) is 20.3 Å². The maximum absolute atomic E-state index is 13.4. The normalized spacial score (nSPS) is 11.2. The molecular weight excluding hydrogens is 217 g/mol. The first kappa shape index (κ1) is 13.8. The van der Waals surface area contributed by atoms with Crippen LogP contribution in [0.1, 0.15) is 30.6 Å². The zero-order valence-electron chi connectivity index (χ0n) is 10.7. The van der Waals surface area contributed by atoms with Crippen molar-refractivity contribution in [2.75, 3.05) is 20.1 Å². The first-order valence-corrected chi connectivity index (χ1v) is 5.97. The number of nitrogens with zero attached hydrogens (tertiary/aromatic N) is 1. The molecule has 1 aromatic rings. The number of carbonyl (C=O) groups excluding carboxylic acids is 1. The molecular formula is C14H20FNO. The Kier molecular flexibility index (Phi) is 5.29. The van der Waals surface area contributed by atoms with Crippen molar-refractivity contribution in [3.05, 3.63) is 35.6 Å². The molecule has 3 heteroatoms. The van der Waals surface area contributed by atoms with Gasteiger partial charge in [-0.3, -0.25) is 9.69 Å². The highest BCUT2D eigenvalue weighted by atomic mass is 19.1. The summed E-state index contributed by atoms with van der Waals surface area (Å²) < 4.78 is 13.4. The number of halogens is 1. The summed E-state index contributed by atoms with van der Waals surface area (Å²) in [6.45, 7) is 5.42. The summed E-state index contributed by atoms with van der Waals surface area (Å²) in [4.78, 5) is 13.8. The van der Waals surface area contributed by atoms with E-state index in [0.29, 0.717) is 5.92 Å². The molecule has 0 atom stereocenters. The van der Waals surface area contributed by atoms with Gasteiger partial charge in [-0.15, -0.1) is 0 Å². The van der Waals surface area contributed by atoms with Crippen LogP contribution < -0.4 is 0 Å². The van der Waals surface area contributed by atoms with E-state index in [1.54, 1.807) is 12.1 Å². The highest BCUT2D eigenvalue weighted by Crippen LogP contribution is 2.08. The zero-order chi connectivity index (χ0) is 12.8. The molecule has 0 unspecified atom stereocenters. The van der Waals surface area contributed by atoms with Gasteiger partial charge in [-0.25, -0.2) is 4.39 Å². The lowest BCUT2D eigenvalue weighted by molar-refractivity contribution is 0.0940. The number of hydrogen-bond donors (Lipinski definition) is 0. The molecule has 0 aliphatic rings. The predicted molar refractivity (Wildman–Crippen MR) is 67.7 cm³/mol. The van der Waals surface area contributed by atoms with E-state index in [1.165, 1.54) is 12.1 Å². The average Bonchev–Trinajstić information content (AvgIpc) is 2.26. The van der Waals surface area contributed by atoms with Crippen LogP contribution in [0, 0.1) is 11.7 Å². The van der Waals surface area contributed by atoms with Crippen LogP contribution in [0.25, 0.3) is 0 Å². The highest BCUT2D eigenvalue weighted by Gasteiger charge is 2.13. The maximum atomic E-state index is 13.4. The molecule has 2 nitrogen and oxygen atoms in total. The van der Waals surface area contributed by atoms with E-state index < -0.39 is 5.82 Å². The Morgan fingerprint density at radius 1 is 1.35 bits per heavy atom. The van der Waals surface area contributed by atoms with Gasteiger partial charge in [-0.2, -0.15) is 0 Å². The molecule has 0 radical (unpaired) electrons. The molecule has 0 aliphatic carbocycles. The Labute approximate surface area is 102 Å². The second-order valence-electron chi connectivity index (χ2n) is 4.82. The molecule has 0 amide bonds. The van der Waals surface area contributed by atoms with E-state index in [1.807, 2.05) is 11.9 Å². The molecule has 0 fully saturated rings. The Morgan fingerprint density at radius 2 is 2.00 bits per heavy atom. The molecule has 0 heterocycles. The molecule has 0 spiro atoms. The van der Waals surface area contributed by atoms with Gasteiger partial charge >= 0.3 is 0 Å². The van der Waals surface area contributed by atoms with Crippen molar-refractivity contribution in [3.8, 4) is 0 Å². The van der Waals surface area contributed by atoms with E-state index in [4.69, 9.17) is 0 Å². The van der Waals surface area contributed by atoms with E-state index >= 15 is 0 Å². The van der Waals surface area contributed by atoms with Crippen molar-refractivity contribution < 1.29 is 9.18 Å². The average molecular weight is 237 g/mol. The fraction of sp³-hybridized carbons (Fsp3) is 0.500. The van der Waals surface area contributed by atoms with Gasteiger partial charge in [0.25, 0.3) is 0 Å². The van der Waals surface area contributed by atoms with Crippen LogP contribution in [0.3, 0.4) is 0 Å². The lowest BCUT2D eigenvalue weighted by atomic mass is 10.1. The fourth-order valence-electron chi connectivity index (χ4n) is 1.58. The minimum atomic E-state index is -0.435. The van der Waals surface area contributed by atoms with E-state index in [-0.39, 0.29) is 17.9 Å². The summed E-state index contributed by atoms with van der Waals surface area (Å²) in [6, 6.07) is 6.13. The number of hydrogen-bond acceptors (Lipinski definition) is 2. The molecule has 0 saturated carbocycles. The summed E-state index contributed by atoms with van der Waals surface area (Å²) in [7, 11) is 1.89. The van der Waals surface area contributed by atoms with Crippen molar-refractivity contribution in [1.82, 2.24) is 4.90 Å². The molecule has 1 rings (SSSR count). The third-order valence-electron chi connectivity index (χ3n) is 2.68. The molecule has 1 aromatic carbocycles. The van der Waals surface area contributed by atoms with Crippen LogP contribution >= 0.6 is 0 Å². The Bertz CT molecular complexity index is 376. The summed E-state index contributed by atoms with van der Waals surface area (Å²) in [5, 5.41) is 0. The molecule has 17 heavy (non-hydrogen) atoms. The first-order valence-electron chi connectivity index (χ1n) is 5.97. The van der Waals surface area contributed by atoms with Crippen LogP contribution in [-0.4, -0.2) is 30.8 Å². The lowest BCUT2D eigenvalue weighted by Gasteiger charge is -2.17. The second kappa shape index (κ2) is 6.50. The minimum absolute atomic E-state index is 0.158. The molecule has 0 aromatic heterocycles. The van der Waals surface area contributed by atoms with Crippen molar-refractivity contribution >= 4 is 5.78 Å². The van der Waals surface area contributed by atoms with Gasteiger partial charge in [0.1, 0.15) is 5.82 Å². The smallest absolute Gasteiger partial charge is 0.179 e. The van der Waals surface area contributed by atoms with Crippen LogP contribution in [0.15, 0.2) is 24.3 Å². The molecule has 0 aliphatic heterocycles. The third kappa shape index (κ3) is 4.65. The quantitative estimate of drug-likeness (QED) is 0.709. The molecule has 0 N–H and O–H groups in total. The van der Waals surface area contributed by atoms with E-state index in [0.717, 1.165) is 13.0 Å². The van der Waals surface area contributed by atoms with Crippen LogP contribution in [0.4, 0.5) is 4.39 Å². The SMILES string of the molecule is CC(C)CCN(C)CC(=O)c1ccccc1F. The fourth-order valence-corrected chi connectivity index (χ4v) is 1.58. The summed E-state index contributed by atoms with van der Waals surface area (Å²) in [5.41, 5.74) is 0.184. The summed E-state index contributed by atoms with van der Waals surface area (Å²) >= 11 is 0. The van der Waals surface area contributed by atoms with Crippen molar-refractivity contribution in [3.63, 3.8) is 0 Å². The maximum Gasteiger partial charge on any atom is 0.179 e. The predicted octanol–water partition coefficient (Wildman–Crippen LogP) is 2.99. The van der Waals surface area contributed by atoms with Gasteiger partial charge in [-0.05, 0) is 38.1 Å². The largest absolute Gasteiger partial charge is 0.299 e. The molecule has 94 valence electrons. The summed E-state index contributed by atoms with van der Waals surface area (Å²) in [6.07, 6.45) is 1.04. The summed E-state index contributed by atoms with van der Waals surface area (Å²) in [5.74, 6) is 0.0186. The number of benzene rings is 1. The Hall–Kier alpha value is -1.22. The standard InChI is InChI=1S/C14H20FNO/c1-11(2)8-9-16(3)10-14(17)12-6-4-5-7-13(12)15/h4-7,11H,8-10H2,1-3H3. The first-order chi connectivity index (χ1) is 8.00. The highest BCUT2D eigenvalue weighted by molar-refractivity contribution is 5.97. The second-order valence-corrected chi connectivity index (χ2v) is 4.82. The van der Waals surface area contributed by atoms with Gasteiger partial charge in [0, 0.05) is 0 Å². The van der Waals surface area contributed by atoms with Crippen molar-refractivity contribution in [2.45, 2.75) is 20.3 Å². The minimum Gasteiger partial charge on any atom is -0.299 e. The van der Waals surface area contributed by atoms with Gasteiger partial charge in [0.2, 0.25) is 0 Å². The van der Waals surface area contributed by atoms with E-state index in [2.05, 4.69) is 13.8 Å².